The zero-order valence-corrected chi connectivity index (χ0v) is 10.4. The molecular formula is C15H12N2O2. The van der Waals surface area contributed by atoms with Crippen molar-refractivity contribution in [3.63, 3.8) is 0 Å². The molecule has 3 rings (SSSR count). The van der Waals surface area contributed by atoms with Crippen LogP contribution < -0.4 is 5.32 Å². The van der Waals surface area contributed by atoms with Crippen LogP contribution >= 0.6 is 0 Å². The average Bonchev–Trinajstić information content (AvgIpc) is 2.96. The molecule has 19 heavy (non-hydrogen) atoms. The van der Waals surface area contributed by atoms with Crippen molar-refractivity contribution in [2.24, 2.45) is 0 Å². The van der Waals surface area contributed by atoms with Gasteiger partial charge < -0.3 is 9.73 Å². The Balaban J connectivity index is 2.05. The first-order valence-corrected chi connectivity index (χ1v) is 5.95. The summed E-state index contributed by atoms with van der Waals surface area (Å²) < 4.78 is 5.09. The fraction of sp³-hybridized carbons (Fsp3) is 0.0667. The number of amides is 1. The molecular weight excluding hydrogens is 240 g/mol. The van der Waals surface area contributed by atoms with E-state index in [1.54, 1.807) is 18.3 Å². The normalized spacial score (nSPS) is 10.6. The monoisotopic (exact) mass is 252 g/mol. The van der Waals surface area contributed by atoms with E-state index >= 15 is 0 Å². The Bertz CT molecular complexity index is 733. The first-order valence-electron chi connectivity index (χ1n) is 5.95. The molecule has 0 spiro atoms. The number of aromatic nitrogens is 1. The van der Waals surface area contributed by atoms with Gasteiger partial charge in [-0.2, -0.15) is 0 Å². The van der Waals surface area contributed by atoms with Crippen LogP contribution in [0.1, 0.15) is 16.1 Å². The van der Waals surface area contributed by atoms with E-state index in [0.29, 0.717) is 0 Å². The fourth-order valence-electron chi connectivity index (χ4n) is 1.99. The van der Waals surface area contributed by atoms with Gasteiger partial charge in [-0.15, -0.1) is 0 Å². The summed E-state index contributed by atoms with van der Waals surface area (Å²) in [7, 11) is 0. The number of benzene rings is 1. The lowest BCUT2D eigenvalue weighted by Gasteiger charge is -2.10. The standard InChI is InChI=1S/C15H12N2O2/c1-10-6-7-11-4-2-8-16-14(11)13(10)17-15(18)12-5-3-9-19-12/h2-9H,1H3,(H,17,18). The van der Waals surface area contributed by atoms with Gasteiger partial charge in [-0.1, -0.05) is 18.2 Å². The van der Waals surface area contributed by atoms with Crippen LogP contribution in [0.3, 0.4) is 0 Å². The van der Waals surface area contributed by atoms with Crippen LogP contribution in [0.4, 0.5) is 5.69 Å². The molecule has 0 unspecified atom stereocenters. The maximum Gasteiger partial charge on any atom is 0.291 e. The number of carbonyl (C=O) groups excluding carboxylic acids is 1. The summed E-state index contributed by atoms with van der Waals surface area (Å²) in [6.45, 7) is 1.94. The van der Waals surface area contributed by atoms with Crippen LogP contribution in [0.5, 0.6) is 0 Å². The number of nitrogens with zero attached hydrogens (tertiary/aromatic N) is 1. The third kappa shape index (κ3) is 2.08. The molecule has 2 aromatic heterocycles. The zero-order chi connectivity index (χ0) is 13.2. The molecule has 0 saturated carbocycles. The number of hydrogen-bond donors (Lipinski definition) is 1. The van der Waals surface area contributed by atoms with Gasteiger partial charge in [0.2, 0.25) is 0 Å². The lowest BCUT2D eigenvalue weighted by atomic mass is 10.1. The van der Waals surface area contributed by atoms with Crippen molar-refractivity contribution in [2.75, 3.05) is 5.32 Å². The molecule has 94 valence electrons. The van der Waals surface area contributed by atoms with Gasteiger partial charge in [-0.05, 0) is 30.7 Å². The van der Waals surface area contributed by atoms with E-state index in [9.17, 15) is 4.79 Å². The number of hydrogen-bond acceptors (Lipinski definition) is 3. The predicted molar refractivity (Wildman–Crippen MR) is 73.1 cm³/mol. The third-order valence-electron chi connectivity index (χ3n) is 2.97. The average molecular weight is 252 g/mol. The molecule has 0 aliphatic carbocycles. The van der Waals surface area contributed by atoms with Crippen molar-refractivity contribution < 1.29 is 9.21 Å². The van der Waals surface area contributed by atoms with Gasteiger partial charge >= 0.3 is 0 Å². The number of anilines is 1. The third-order valence-corrected chi connectivity index (χ3v) is 2.97. The highest BCUT2D eigenvalue weighted by Gasteiger charge is 2.13. The minimum absolute atomic E-state index is 0.272. The second kappa shape index (κ2) is 4.57. The van der Waals surface area contributed by atoms with Crippen molar-refractivity contribution in [2.45, 2.75) is 6.92 Å². The largest absolute Gasteiger partial charge is 0.459 e. The SMILES string of the molecule is Cc1ccc2cccnc2c1NC(=O)c1ccco1. The lowest BCUT2D eigenvalue weighted by Crippen LogP contribution is -2.12. The number of furan rings is 1. The maximum atomic E-state index is 12.0. The second-order valence-corrected chi connectivity index (χ2v) is 4.26. The van der Waals surface area contributed by atoms with E-state index < -0.39 is 0 Å². The Morgan fingerprint density at radius 2 is 2.11 bits per heavy atom. The highest BCUT2D eigenvalue weighted by molar-refractivity contribution is 6.07. The summed E-state index contributed by atoms with van der Waals surface area (Å²) in [6, 6.07) is 11.1. The molecule has 1 aromatic carbocycles. The van der Waals surface area contributed by atoms with Crippen LogP contribution in [0, 0.1) is 6.92 Å². The summed E-state index contributed by atoms with van der Waals surface area (Å²) in [4.78, 5) is 16.4. The smallest absolute Gasteiger partial charge is 0.291 e. The first kappa shape index (κ1) is 11.5. The van der Waals surface area contributed by atoms with Crippen LogP contribution in [0.15, 0.2) is 53.3 Å². The molecule has 0 saturated heterocycles. The van der Waals surface area contributed by atoms with Crippen LogP contribution in [-0.2, 0) is 0 Å². The number of aryl methyl sites for hydroxylation is 1. The van der Waals surface area contributed by atoms with Gasteiger partial charge in [0.05, 0.1) is 17.5 Å². The molecule has 4 nitrogen and oxygen atoms in total. The molecule has 3 aromatic rings. The Morgan fingerprint density at radius 3 is 2.89 bits per heavy atom. The summed E-state index contributed by atoms with van der Waals surface area (Å²) in [5.74, 6) is 0.0126. The van der Waals surface area contributed by atoms with Gasteiger partial charge in [0.25, 0.3) is 5.91 Å². The molecule has 4 heteroatoms. The van der Waals surface area contributed by atoms with Gasteiger partial charge in [0.15, 0.2) is 5.76 Å². The summed E-state index contributed by atoms with van der Waals surface area (Å²) in [5, 5.41) is 3.85. The van der Waals surface area contributed by atoms with E-state index in [1.807, 2.05) is 31.2 Å². The van der Waals surface area contributed by atoms with E-state index in [0.717, 1.165) is 22.2 Å². The number of rotatable bonds is 2. The Labute approximate surface area is 110 Å². The van der Waals surface area contributed by atoms with Gasteiger partial charge in [-0.25, -0.2) is 0 Å². The molecule has 0 atom stereocenters. The fourth-order valence-corrected chi connectivity index (χ4v) is 1.99. The molecule has 0 bridgehead atoms. The number of carbonyl (C=O) groups is 1. The van der Waals surface area contributed by atoms with Crippen molar-refractivity contribution >= 4 is 22.5 Å². The first-order chi connectivity index (χ1) is 9.25. The van der Waals surface area contributed by atoms with Crippen molar-refractivity contribution in [3.8, 4) is 0 Å². The second-order valence-electron chi connectivity index (χ2n) is 4.26. The number of pyridine rings is 1. The molecule has 0 fully saturated rings. The van der Waals surface area contributed by atoms with Crippen LogP contribution in [-0.4, -0.2) is 10.9 Å². The minimum atomic E-state index is -0.272. The molecule has 1 N–H and O–H groups in total. The van der Waals surface area contributed by atoms with Crippen molar-refractivity contribution in [3.05, 3.63) is 60.2 Å². The Hall–Kier alpha value is -2.62. The zero-order valence-electron chi connectivity index (χ0n) is 10.4. The predicted octanol–water partition coefficient (Wildman–Crippen LogP) is 3.39. The van der Waals surface area contributed by atoms with Gasteiger partial charge in [-0.3, -0.25) is 9.78 Å². The highest BCUT2D eigenvalue weighted by atomic mass is 16.3. The number of nitrogens with one attached hydrogen (secondary N) is 1. The lowest BCUT2D eigenvalue weighted by molar-refractivity contribution is 0.0996. The highest BCUT2D eigenvalue weighted by Crippen LogP contribution is 2.25. The number of fused-ring (bicyclic) bond motifs is 1. The van der Waals surface area contributed by atoms with Gasteiger partial charge in [0.1, 0.15) is 0 Å². The van der Waals surface area contributed by atoms with Crippen molar-refractivity contribution in [1.29, 1.82) is 0 Å². The quantitative estimate of drug-likeness (QED) is 0.760. The minimum Gasteiger partial charge on any atom is -0.459 e. The topological polar surface area (TPSA) is 55.1 Å². The Kier molecular flexibility index (Phi) is 2.76. The van der Waals surface area contributed by atoms with E-state index in [4.69, 9.17) is 4.42 Å². The van der Waals surface area contributed by atoms with E-state index in [-0.39, 0.29) is 11.7 Å². The molecule has 1 amide bonds. The summed E-state index contributed by atoms with van der Waals surface area (Å²) in [5.41, 5.74) is 2.47. The van der Waals surface area contributed by atoms with Gasteiger partial charge in [0, 0.05) is 11.6 Å². The van der Waals surface area contributed by atoms with Crippen LogP contribution in [0.25, 0.3) is 10.9 Å². The maximum absolute atomic E-state index is 12.0. The summed E-state index contributed by atoms with van der Waals surface area (Å²) >= 11 is 0. The van der Waals surface area contributed by atoms with Crippen LogP contribution in [0.2, 0.25) is 0 Å². The summed E-state index contributed by atoms with van der Waals surface area (Å²) in [6.07, 6.45) is 3.19. The van der Waals surface area contributed by atoms with E-state index in [2.05, 4.69) is 10.3 Å². The Morgan fingerprint density at radius 1 is 1.21 bits per heavy atom. The van der Waals surface area contributed by atoms with Crippen molar-refractivity contribution in [1.82, 2.24) is 4.98 Å². The van der Waals surface area contributed by atoms with E-state index in [1.165, 1.54) is 6.26 Å². The molecule has 0 aliphatic heterocycles. The molecule has 0 radical (unpaired) electrons. The molecule has 0 aliphatic rings. The molecule has 2 heterocycles.